The van der Waals surface area contributed by atoms with Crippen LogP contribution in [0.15, 0.2) is 53.9 Å². The third kappa shape index (κ3) is 6.98. The van der Waals surface area contributed by atoms with Crippen molar-refractivity contribution in [3.63, 3.8) is 0 Å². The van der Waals surface area contributed by atoms with E-state index in [-0.39, 0.29) is 11.2 Å². The molecule has 120 valence electrons. The van der Waals surface area contributed by atoms with Crippen molar-refractivity contribution in [3.05, 3.63) is 58.1 Å². The summed E-state index contributed by atoms with van der Waals surface area (Å²) in [5.74, 6) is 0.998. The fraction of sp³-hybridized carbons (Fsp3) is 0.353. The van der Waals surface area contributed by atoms with Gasteiger partial charge >= 0.3 is 0 Å². The molecule has 1 aromatic rings. The molecule has 0 radical (unpaired) electrons. The van der Waals surface area contributed by atoms with Gasteiger partial charge in [0.1, 0.15) is 11.7 Å². The molecule has 0 heterocycles. The van der Waals surface area contributed by atoms with E-state index in [0.717, 1.165) is 18.9 Å². The molecule has 0 atom stereocenters. The largest absolute Gasteiger partial charge is 0.404 e. The molecule has 0 aliphatic rings. The summed E-state index contributed by atoms with van der Waals surface area (Å²) in [6, 6.07) is 8.45. The van der Waals surface area contributed by atoms with E-state index < -0.39 is 0 Å². The molecule has 0 spiro atoms. The number of halogens is 1. The summed E-state index contributed by atoms with van der Waals surface area (Å²) < 4.78 is 1.22. The number of amidine groups is 1. The van der Waals surface area contributed by atoms with Gasteiger partial charge in [0.05, 0.1) is 0 Å². The van der Waals surface area contributed by atoms with Gasteiger partial charge in [-0.2, -0.15) is 0 Å². The van der Waals surface area contributed by atoms with Gasteiger partial charge in [-0.05, 0) is 58.0 Å². The van der Waals surface area contributed by atoms with Gasteiger partial charge in [0, 0.05) is 16.7 Å². The number of aliphatic imine (C=N–C) groups is 1. The molecule has 1 aromatic carbocycles. The highest BCUT2D eigenvalue weighted by Crippen LogP contribution is 2.19. The van der Waals surface area contributed by atoms with Gasteiger partial charge in [-0.15, -0.1) is 0 Å². The fourth-order valence-electron chi connectivity index (χ4n) is 2.05. The SMILES string of the molecule is C=C(N)/N=C(\C=C/N)N(Cc1ccc(I)cc1)CC(C)(C)C. The first-order valence-electron chi connectivity index (χ1n) is 7.12. The molecule has 4 nitrogen and oxygen atoms in total. The van der Waals surface area contributed by atoms with Crippen LogP contribution in [0.1, 0.15) is 26.3 Å². The van der Waals surface area contributed by atoms with Crippen molar-refractivity contribution < 1.29 is 0 Å². The maximum atomic E-state index is 5.65. The lowest BCUT2D eigenvalue weighted by Gasteiger charge is -2.31. The smallest absolute Gasteiger partial charge is 0.132 e. The molecule has 0 unspecified atom stereocenters. The van der Waals surface area contributed by atoms with E-state index in [1.54, 1.807) is 6.08 Å². The number of hydrogen-bond acceptors (Lipinski definition) is 3. The zero-order chi connectivity index (χ0) is 16.8. The zero-order valence-electron chi connectivity index (χ0n) is 13.5. The topological polar surface area (TPSA) is 67.6 Å². The summed E-state index contributed by atoms with van der Waals surface area (Å²) in [6.07, 6.45) is 3.24. The summed E-state index contributed by atoms with van der Waals surface area (Å²) in [4.78, 5) is 6.49. The molecular weight excluding hydrogens is 387 g/mol. The maximum Gasteiger partial charge on any atom is 0.132 e. The van der Waals surface area contributed by atoms with Crippen LogP contribution in [0.5, 0.6) is 0 Å². The van der Waals surface area contributed by atoms with Crippen LogP contribution < -0.4 is 11.5 Å². The van der Waals surface area contributed by atoms with Crippen LogP contribution >= 0.6 is 22.6 Å². The lowest BCUT2D eigenvalue weighted by Crippen LogP contribution is -2.37. The van der Waals surface area contributed by atoms with Crippen molar-refractivity contribution in [1.82, 2.24) is 4.90 Å². The summed E-state index contributed by atoms with van der Waals surface area (Å²) >= 11 is 2.30. The molecule has 0 fully saturated rings. The molecule has 1 rings (SSSR count). The second kappa shape index (κ2) is 8.22. The average molecular weight is 412 g/mol. The number of benzene rings is 1. The fourth-order valence-corrected chi connectivity index (χ4v) is 2.41. The number of nitrogens with zero attached hydrogens (tertiary/aromatic N) is 2. The first-order valence-corrected chi connectivity index (χ1v) is 8.20. The second-order valence-corrected chi connectivity index (χ2v) is 7.61. The summed E-state index contributed by atoms with van der Waals surface area (Å²) in [6.45, 7) is 11.8. The second-order valence-electron chi connectivity index (χ2n) is 6.36. The van der Waals surface area contributed by atoms with E-state index in [2.05, 4.69) is 84.1 Å². The Kier molecular flexibility index (Phi) is 6.93. The summed E-state index contributed by atoms with van der Waals surface area (Å²) in [7, 11) is 0. The van der Waals surface area contributed by atoms with E-state index in [0.29, 0.717) is 0 Å². The van der Waals surface area contributed by atoms with Crippen molar-refractivity contribution >= 4 is 28.4 Å². The Labute approximate surface area is 147 Å². The van der Waals surface area contributed by atoms with Gasteiger partial charge in [-0.25, -0.2) is 4.99 Å². The van der Waals surface area contributed by atoms with Crippen LogP contribution in [-0.4, -0.2) is 17.3 Å². The normalized spacial score (nSPS) is 12.6. The minimum absolute atomic E-state index is 0.113. The molecule has 5 heteroatoms. The molecule has 4 N–H and O–H groups in total. The quantitative estimate of drug-likeness (QED) is 0.442. The third-order valence-electron chi connectivity index (χ3n) is 2.78. The molecule has 0 saturated heterocycles. The van der Waals surface area contributed by atoms with Gasteiger partial charge in [0.25, 0.3) is 0 Å². The van der Waals surface area contributed by atoms with Crippen molar-refractivity contribution in [2.75, 3.05) is 6.54 Å². The molecule has 0 bridgehead atoms. The highest BCUT2D eigenvalue weighted by molar-refractivity contribution is 14.1. The lowest BCUT2D eigenvalue weighted by atomic mass is 9.95. The van der Waals surface area contributed by atoms with Crippen LogP contribution in [0.2, 0.25) is 0 Å². The number of hydrogen-bond donors (Lipinski definition) is 2. The molecule has 0 aromatic heterocycles. The number of nitrogens with two attached hydrogens (primary N) is 2. The van der Waals surface area contributed by atoms with Crippen molar-refractivity contribution in [2.45, 2.75) is 27.3 Å². The Bertz CT molecular complexity index is 553. The van der Waals surface area contributed by atoms with E-state index in [1.165, 1.54) is 15.3 Å². The van der Waals surface area contributed by atoms with Crippen LogP contribution in [0.3, 0.4) is 0 Å². The van der Waals surface area contributed by atoms with E-state index >= 15 is 0 Å². The van der Waals surface area contributed by atoms with E-state index in [9.17, 15) is 0 Å². The Balaban J connectivity index is 3.10. The maximum absolute atomic E-state index is 5.65. The zero-order valence-corrected chi connectivity index (χ0v) is 15.7. The Morgan fingerprint density at radius 2 is 1.91 bits per heavy atom. The third-order valence-corrected chi connectivity index (χ3v) is 3.50. The molecular formula is C17H25IN4. The Hall–Kier alpha value is -1.50. The monoisotopic (exact) mass is 412 g/mol. The van der Waals surface area contributed by atoms with Crippen molar-refractivity contribution in [2.24, 2.45) is 21.9 Å². The number of rotatable bonds is 5. The average Bonchev–Trinajstić information content (AvgIpc) is 2.38. The molecule has 0 aliphatic carbocycles. The summed E-state index contributed by atoms with van der Waals surface area (Å²) in [5.41, 5.74) is 12.5. The Morgan fingerprint density at radius 3 is 2.36 bits per heavy atom. The van der Waals surface area contributed by atoms with E-state index in [1.807, 2.05) is 0 Å². The highest BCUT2D eigenvalue weighted by Gasteiger charge is 2.19. The van der Waals surface area contributed by atoms with Crippen LogP contribution in [-0.2, 0) is 6.54 Å². The van der Waals surface area contributed by atoms with Crippen molar-refractivity contribution in [1.29, 1.82) is 0 Å². The summed E-state index contributed by atoms with van der Waals surface area (Å²) in [5, 5.41) is 0. The van der Waals surface area contributed by atoms with Gasteiger partial charge in [-0.3, -0.25) is 0 Å². The van der Waals surface area contributed by atoms with E-state index in [4.69, 9.17) is 11.5 Å². The van der Waals surface area contributed by atoms with Crippen LogP contribution in [0, 0.1) is 8.99 Å². The van der Waals surface area contributed by atoms with Crippen molar-refractivity contribution in [3.8, 4) is 0 Å². The van der Waals surface area contributed by atoms with Gasteiger partial charge in [0.15, 0.2) is 0 Å². The van der Waals surface area contributed by atoms with Gasteiger partial charge in [0.2, 0.25) is 0 Å². The predicted octanol–water partition coefficient (Wildman–Crippen LogP) is 3.44. The Morgan fingerprint density at radius 1 is 1.32 bits per heavy atom. The molecule has 0 amide bonds. The van der Waals surface area contributed by atoms with Gasteiger partial charge < -0.3 is 16.4 Å². The molecule has 0 aliphatic heterocycles. The first kappa shape index (κ1) is 18.5. The van der Waals surface area contributed by atoms with Crippen LogP contribution in [0.4, 0.5) is 0 Å². The highest BCUT2D eigenvalue weighted by atomic mass is 127. The first-order chi connectivity index (χ1) is 10.2. The van der Waals surface area contributed by atoms with Crippen LogP contribution in [0.25, 0.3) is 0 Å². The minimum Gasteiger partial charge on any atom is -0.404 e. The minimum atomic E-state index is 0.113. The van der Waals surface area contributed by atoms with Gasteiger partial charge in [-0.1, -0.05) is 39.5 Å². The predicted molar refractivity (Wildman–Crippen MR) is 103 cm³/mol. The molecule has 0 saturated carbocycles. The standard InChI is InChI=1S/C17H25IN4/c1-13(20)21-16(9-10-19)22(12-17(2,3)4)11-14-5-7-15(18)8-6-14/h5-10H,1,11-12,19-20H2,2-4H3/b10-9-,21-16+. The lowest BCUT2D eigenvalue weighted by molar-refractivity contribution is 0.270. The molecule has 22 heavy (non-hydrogen) atoms.